The normalized spacial score (nSPS) is 11.8. The number of amides is 1. The molecule has 0 spiro atoms. The Balaban J connectivity index is 2.61. The summed E-state index contributed by atoms with van der Waals surface area (Å²) in [6, 6.07) is 9.96. The molecule has 1 aromatic carbocycles. The number of alkyl carbamates (subject to hydrolysis) is 1. The van der Waals surface area contributed by atoms with Gasteiger partial charge in [0.05, 0.1) is 7.11 Å². The average molecular weight is 375 g/mol. The molecule has 27 heavy (non-hydrogen) atoms. The molecule has 0 bridgehead atoms. The Hall–Kier alpha value is -2.68. The fourth-order valence-corrected chi connectivity index (χ4v) is 2.12. The second-order valence-electron chi connectivity index (χ2n) is 7.15. The monoisotopic (exact) mass is 375 g/mol. The fraction of sp³-hybridized carbons (Fsp3) is 0.524. The number of hydrogen-bond acceptors (Lipinski definition) is 5. The summed E-state index contributed by atoms with van der Waals surface area (Å²) in [5, 5.41) is 2.45. The number of hydrogen-bond donors (Lipinski definition) is 1. The molecule has 0 aliphatic heterocycles. The number of nitrogens with one attached hydrogen (secondary N) is 1. The van der Waals surface area contributed by atoms with Crippen molar-refractivity contribution in [2.75, 3.05) is 7.11 Å². The van der Waals surface area contributed by atoms with Gasteiger partial charge in [-0.15, -0.1) is 0 Å². The van der Waals surface area contributed by atoms with Crippen molar-refractivity contribution >= 4 is 12.2 Å². The van der Waals surface area contributed by atoms with E-state index in [-0.39, 0.29) is 0 Å². The molecule has 0 saturated carbocycles. The molecule has 0 aliphatic rings. The summed E-state index contributed by atoms with van der Waals surface area (Å²) >= 11 is 0. The summed E-state index contributed by atoms with van der Waals surface area (Å²) in [5.41, 5.74) is 0.474. The van der Waals surface area contributed by atoms with Gasteiger partial charge in [-0.05, 0) is 44.1 Å². The zero-order chi connectivity index (χ0) is 20.3. The Morgan fingerprint density at radius 2 is 1.85 bits per heavy atom. The maximum absolute atomic E-state index is 12.2. The first-order valence-corrected chi connectivity index (χ1v) is 8.98. The van der Waals surface area contributed by atoms with Gasteiger partial charge in [0.1, 0.15) is 5.60 Å². The van der Waals surface area contributed by atoms with Gasteiger partial charge in [0.25, 0.3) is 0 Å². The molecule has 0 fully saturated rings. The van der Waals surface area contributed by atoms with E-state index in [1.54, 1.807) is 0 Å². The maximum Gasteiger partial charge on any atom is 0.510 e. The third kappa shape index (κ3) is 10.1. The molecule has 1 aromatic rings. The SMILES string of the molecule is COC(=O)OC(C#CCC(C)C)NC(=O)OC(C)(C)CCc1ccccc1. The van der Waals surface area contributed by atoms with Crippen LogP contribution in [0.2, 0.25) is 0 Å². The third-order valence-corrected chi connectivity index (χ3v) is 3.60. The van der Waals surface area contributed by atoms with E-state index in [1.807, 2.05) is 58.0 Å². The second-order valence-corrected chi connectivity index (χ2v) is 7.15. The van der Waals surface area contributed by atoms with E-state index < -0.39 is 24.1 Å². The summed E-state index contributed by atoms with van der Waals surface area (Å²) in [7, 11) is 1.19. The van der Waals surface area contributed by atoms with Gasteiger partial charge in [-0.2, -0.15) is 0 Å². The molecule has 148 valence electrons. The molecular formula is C21H29NO5. The van der Waals surface area contributed by atoms with Crippen LogP contribution in [0.5, 0.6) is 0 Å². The highest BCUT2D eigenvalue weighted by Gasteiger charge is 2.25. The maximum atomic E-state index is 12.2. The first kappa shape index (κ1) is 22.4. The van der Waals surface area contributed by atoms with E-state index in [1.165, 1.54) is 12.7 Å². The van der Waals surface area contributed by atoms with Gasteiger partial charge in [-0.3, -0.25) is 5.32 Å². The predicted molar refractivity (Wildman–Crippen MR) is 103 cm³/mol. The molecule has 1 rings (SSSR count). The van der Waals surface area contributed by atoms with Gasteiger partial charge in [0.15, 0.2) is 0 Å². The van der Waals surface area contributed by atoms with Gasteiger partial charge in [-0.25, -0.2) is 9.59 Å². The van der Waals surface area contributed by atoms with Crippen LogP contribution in [0.1, 0.15) is 46.1 Å². The van der Waals surface area contributed by atoms with Crippen LogP contribution in [-0.4, -0.2) is 31.2 Å². The Morgan fingerprint density at radius 1 is 1.19 bits per heavy atom. The Morgan fingerprint density at radius 3 is 2.44 bits per heavy atom. The minimum absolute atomic E-state index is 0.361. The molecular weight excluding hydrogens is 346 g/mol. The molecule has 1 amide bonds. The van der Waals surface area contributed by atoms with Crippen molar-refractivity contribution in [3.63, 3.8) is 0 Å². The lowest BCUT2D eigenvalue weighted by Crippen LogP contribution is -2.41. The number of rotatable bonds is 7. The quantitative estimate of drug-likeness (QED) is 0.437. The molecule has 1 N–H and O–H groups in total. The smallest absolute Gasteiger partial charge is 0.443 e. The summed E-state index contributed by atoms with van der Waals surface area (Å²) in [6.07, 6.45) is -0.735. The highest BCUT2D eigenvalue weighted by molar-refractivity contribution is 5.69. The molecule has 6 heteroatoms. The van der Waals surface area contributed by atoms with Crippen molar-refractivity contribution in [1.29, 1.82) is 0 Å². The average Bonchev–Trinajstić information content (AvgIpc) is 2.60. The van der Waals surface area contributed by atoms with Gasteiger partial charge in [0, 0.05) is 6.42 Å². The lowest BCUT2D eigenvalue weighted by molar-refractivity contribution is 0.0135. The zero-order valence-electron chi connectivity index (χ0n) is 16.7. The lowest BCUT2D eigenvalue weighted by atomic mass is 9.99. The van der Waals surface area contributed by atoms with Crippen LogP contribution in [0.25, 0.3) is 0 Å². The lowest BCUT2D eigenvalue weighted by Gasteiger charge is -2.26. The van der Waals surface area contributed by atoms with Crippen molar-refractivity contribution < 1.29 is 23.8 Å². The van der Waals surface area contributed by atoms with Crippen LogP contribution in [0.4, 0.5) is 9.59 Å². The standard InChI is InChI=1S/C21H29NO5/c1-16(2)10-9-13-18(26-20(24)25-5)22-19(23)27-21(3,4)15-14-17-11-7-6-8-12-17/h6-8,11-12,16,18H,10,14-15H2,1-5H3,(H,22,23). The van der Waals surface area contributed by atoms with Crippen LogP contribution < -0.4 is 5.32 Å². The number of aryl methyl sites for hydroxylation is 1. The minimum atomic E-state index is -1.13. The van der Waals surface area contributed by atoms with Crippen molar-refractivity contribution in [3.8, 4) is 11.8 Å². The molecule has 1 atom stereocenters. The first-order valence-electron chi connectivity index (χ1n) is 8.98. The van der Waals surface area contributed by atoms with Crippen LogP contribution in [0.3, 0.4) is 0 Å². The van der Waals surface area contributed by atoms with Crippen molar-refractivity contribution in [2.24, 2.45) is 5.92 Å². The van der Waals surface area contributed by atoms with E-state index in [4.69, 9.17) is 9.47 Å². The number of benzene rings is 1. The van der Waals surface area contributed by atoms with E-state index >= 15 is 0 Å². The molecule has 1 unspecified atom stereocenters. The van der Waals surface area contributed by atoms with Crippen LogP contribution in [0, 0.1) is 17.8 Å². The third-order valence-electron chi connectivity index (χ3n) is 3.60. The van der Waals surface area contributed by atoms with Crippen molar-refractivity contribution in [2.45, 2.75) is 58.8 Å². The minimum Gasteiger partial charge on any atom is -0.443 e. The van der Waals surface area contributed by atoms with Crippen molar-refractivity contribution in [1.82, 2.24) is 5.32 Å². The number of methoxy groups -OCH3 is 1. The van der Waals surface area contributed by atoms with Crippen LogP contribution in [0.15, 0.2) is 30.3 Å². The largest absolute Gasteiger partial charge is 0.510 e. The summed E-state index contributed by atoms with van der Waals surface area (Å²) < 4.78 is 14.9. The Kier molecular flexibility index (Phi) is 9.21. The topological polar surface area (TPSA) is 73.9 Å². The van der Waals surface area contributed by atoms with Gasteiger partial charge < -0.3 is 14.2 Å². The molecule has 0 aromatic heterocycles. The summed E-state index contributed by atoms with van der Waals surface area (Å²) in [5.74, 6) is 5.94. The summed E-state index contributed by atoms with van der Waals surface area (Å²) in [4.78, 5) is 23.6. The first-order chi connectivity index (χ1) is 12.7. The van der Waals surface area contributed by atoms with Gasteiger partial charge >= 0.3 is 12.2 Å². The number of ether oxygens (including phenoxy) is 3. The van der Waals surface area contributed by atoms with Gasteiger partial charge in [-0.1, -0.05) is 50.1 Å². The zero-order valence-corrected chi connectivity index (χ0v) is 16.7. The van der Waals surface area contributed by atoms with E-state index in [9.17, 15) is 9.59 Å². The highest BCUT2D eigenvalue weighted by Crippen LogP contribution is 2.18. The number of carbonyl (C=O) groups is 2. The predicted octanol–water partition coefficient (Wildman–Crippen LogP) is 4.28. The number of carbonyl (C=O) groups excluding carboxylic acids is 2. The molecule has 0 aliphatic carbocycles. The van der Waals surface area contributed by atoms with Crippen molar-refractivity contribution in [3.05, 3.63) is 35.9 Å². The van der Waals surface area contributed by atoms with Gasteiger partial charge in [0.2, 0.25) is 6.23 Å². The van der Waals surface area contributed by atoms with E-state index in [2.05, 4.69) is 21.9 Å². The molecule has 6 nitrogen and oxygen atoms in total. The molecule has 0 heterocycles. The van der Waals surface area contributed by atoms with E-state index in [0.717, 1.165) is 6.42 Å². The van der Waals surface area contributed by atoms with E-state index in [0.29, 0.717) is 18.8 Å². The van der Waals surface area contributed by atoms with Crippen LogP contribution in [-0.2, 0) is 20.6 Å². The van der Waals surface area contributed by atoms with Crippen LogP contribution >= 0.6 is 0 Å². The molecule has 0 saturated heterocycles. The Bertz CT molecular complexity index is 658. The second kappa shape index (κ2) is 11.1. The highest BCUT2D eigenvalue weighted by atomic mass is 16.7. The molecule has 0 radical (unpaired) electrons. The Labute approximate surface area is 161 Å². The summed E-state index contributed by atoms with van der Waals surface area (Å²) in [6.45, 7) is 7.69. The fourth-order valence-electron chi connectivity index (χ4n) is 2.12.